The molecular weight excluding hydrogens is 118 g/mol. The molecule has 0 radical (unpaired) electrons. The van der Waals surface area contributed by atoms with Crippen molar-refractivity contribution in [2.24, 2.45) is 7.05 Å². The van der Waals surface area contributed by atoms with Crippen molar-refractivity contribution in [3.63, 3.8) is 0 Å². The molecule has 1 rings (SSSR count). The molecule has 1 aromatic heterocycles. The summed E-state index contributed by atoms with van der Waals surface area (Å²) in [5.74, 6) is 1.09. The highest BCUT2D eigenvalue weighted by Gasteiger charge is 1.99. The average Bonchev–Trinajstić information content (AvgIpc) is 2.15. The largest absolute Gasteiger partial charge is 0.368 e. The molecule has 0 fully saturated rings. The first-order valence-electron chi connectivity index (χ1n) is 2.58. The summed E-state index contributed by atoms with van der Waals surface area (Å²) in [6, 6.07) is 0. The first-order chi connectivity index (χ1) is 4.25. The second-order valence-electron chi connectivity index (χ2n) is 1.69. The monoisotopic (exact) mass is 127 g/mol. The van der Waals surface area contributed by atoms with Crippen LogP contribution in [-0.4, -0.2) is 21.8 Å². The number of nitrogens with one attached hydrogen (secondary N) is 1. The number of hydrogen-bond acceptors (Lipinski definition) is 4. The lowest BCUT2D eigenvalue weighted by molar-refractivity contribution is 0.929. The minimum Gasteiger partial charge on any atom is -0.368 e. The minimum absolute atomic E-state index is 0.416. The van der Waals surface area contributed by atoms with E-state index in [1.807, 2.05) is 0 Å². The summed E-state index contributed by atoms with van der Waals surface area (Å²) in [4.78, 5) is 0. The number of hydrogen-bond donors (Lipinski definition) is 2. The van der Waals surface area contributed by atoms with E-state index in [1.54, 1.807) is 18.7 Å². The molecule has 5 heteroatoms. The second kappa shape index (κ2) is 1.93. The van der Waals surface area contributed by atoms with Gasteiger partial charge in [-0.05, 0) is 0 Å². The summed E-state index contributed by atoms with van der Waals surface area (Å²) in [6.07, 6.45) is 0. The average molecular weight is 127 g/mol. The van der Waals surface area contributed by atoms with Crippen molar-refractivity contribution in [2.45, 2.75) is 0 Å². The Bertz CT molecular complexity index is 203. The van der Waals surface area contributed by atoms with Gasteiger partial charge in [0, 0.05) is 14.1 Å². The van der Waals surface area contributed by atoms with E-state index in [0.717, 1.165) is 0 Å². The summed E-state index contributed by atoms with van der Waals surface area (Å²) < 4.78 is 1.67. The van der Waals surface area contributed by atoms with Crippen LogP contribution in [0.3, 0.4) is 0 Å². The molecule has 0 bridgehead atoms. The van der Waals surface area contributed by atoms with Crippen molar-refractivity contribution < 1.29 is 0 Å². The molecule has 1 aromatic rings. The molecule has 0 aliphatic rings. The number of nitrogen functional groups attached to an aromatic ring is 1. The van der Waals surface area contributed by atoms with Crippen molar-refractivity contribution in [1.29, 1.82) is 0 Å². The van der Waals surface area contributed by atoms with Crippen LogP contribution in [0.15, 0.2) is 0 Å². The molecule has 3 N–H and O–H groups in total. The lowest BCUT2D eigenvalue weighted by Crippen LogP contribution is -2.01. The molecule has 0 atom stereocenters. The number of nitrogens with zero attached hydrogens (tertiary/aromatic N) is 3. The quantitative estimate of drug-likeness (QED) is 0.530. The Morgan fingerprint density at radius 2 is 2.22 bits per heavy atom. The van der Waals surface area contributed by atoms with Crippen LogP contribution in [0.5, 0.6) is 0 Å². The lowest BCUT2D eigenvalue weighted by Gasteiger charge is -1.96. The Morgan fingerprint density at radius 1 is 1.56 bits per heavy atom. The molecule has 0 aromatic carbocycles. The number of anilines is 2. The van der Waals surface area contributed by atoms with Crippen LogP contribution in [0.2, 0.25) is 0 Å². The Hall–Kier alpha value is -1.26. The first kappa shape index (κ1) is 5.87. The van der Waals surface area contributed by atoms with Gasteiger partial charge >= 0.3 is 0 Å². The zero-order valence-corrected chi connectivity index (χ0v) is 5.42. The van der Waals surface area contributed by atoms with Gasteiger partial charge in [0.15, 0.2) is 0 Å². The molecule has 0 amide bonds. The van der Waals surface area contributed by atoms with E-state index in [4.69, 9.17) is 5.73 Å². The zero-order valence-electron chi connectivity index (χ0n) is 5.42. The van der Waals surface area contributed by atoms with Crippen LogP contribution in [-0.2, 0) is 7.05 Å². The predicted molar refractivity (Wildman–Crippen MR) is 35.0 cm³/mol. The van der Waals surface area contributed by atoms with Crippen molar-refractivity contribution >= 4 is 11.9 Å². The molecule has 0 saturated heterocycles. The van der Waals surface area contributed by atoms with Crippen molar-refractivity contribution in [2.75, 3.05) is 18.1 Å². The van der Waals surface area contributed by atoms with Crippen LogP contribution in [0, 0.1) is 0 Å². The molecule has 0 aliphatic heterocycles. The summed E-state index contributed by atoms with van der Waals surface area (Å²) in [5, 5.41) is 10.2. The summed E-state index contributed by atoms with van der Waals surface area (Å²) in [5.41, 5.74) is 5.37. The van der Waals surface area contributed by atoms with E-state index in [9.17, 15) is 0 Å². The molecule has 0 spiro atoms. The maximum atomic E-state index is 5.37. The van der Waals surface area contributed by atoms with Gasteiger partial charge in [0.1, 0.15) is 0 Å². The number of rotatable bonds is 1. The molecule has 0 unspecified atom stereocenters. The topological polar surface area (TPSA) is 68.8 Å². The van der Waals surface area contributed by atoms with Crippen LogP contribution in [0.25, 0.3) is 0 Å². The summed E-state index contributed by atoms with van der Waals surface area (Å²) in [7, 11) is 3.56. The van der Waals surface area contributed by atoms with Crippen LogP contribution in [0.4, 0.5) is 11.9 Å². The van der Waals surface area contributed by atoms with Crippen molar-refractivity contribution in [1.82, 2.24) is 14.8 Å². The third kappa shape index (κ3) is 0.802. The smallest absolute Gasteiger partial charge is 0.225 e. The van der Waals surface area contributed by atoms with E-state index in [1.165, 1.54) is 0 Å². The van der Waals surface area contributed by atoms with E-state index < -0.39 is 0 Å². The molecule has 50 valence electrons. The minimum atomic E-state index is 0.416. The van der Waals surface area contributed by atoms with Gasteiger partial charge in [-0.1, -0.05) is 0 Å². The van der Waals surface area contributed by atoms with E-state index >= 15 is 0 Å². The molecule has 0 saturated carbocycles. The van der Waals surface area contributed by atoms with E-state index in [0.29, 0.717) is 11.9 Å². The van der Waals surface area contributed by atoms with Gasteiger partial charge in [0.25, 0.3) is 0 Å². The Morgan fingerprint density at radius 3 is 2.44 bits per heavy atom. The van der Waals surface area contributed by atoms with Crippen molar-refractivity contribution in [3.8, 4) is 0 Å². The number of nitrogens with two attached hydrogens (primary N) is 1. The van der Waals surface area contributed by atoms with Crippen molar-refractivity contribution in [3.05, 3.63) is 0 Å². The SMILES string of the molecule is CNc1nnc(N)n1C. The van der Waals surface area contributed by atoms with Crippen LogP contribution < -0.4 is 11.1 Å². The molecule has 1 heterocycles. The second-order valence-corrected chi connectivity index (χ2v) is 1.69. The maximum Gasteiger partial charge on any atom is 0.225 e. The molecule has 0 aliphatic carbocycles. The molecule has 5 nitrogen and oxygen atoms in total. The van der Waals surface area contributed by atoms with Gasteiger partial charge in [0.2, 0.25) is 11.9 Å². The Kier molecular flexibility index (Phi) is 1.26. The maximum absolute atomic E-state index is 5.37. The highest BCUT2D eigenvalue weighted by Crippen LogP contribution is 2.02. The third-order valence-corrected chi connectivity index (χ3v) is 1.13. The first-order valence-corrected chi connectivity index (χ1v) is 2.58. The van der Waals surface area contributed by atoms with E-state index in [-0.39, 0.29) is 0 Å². The van der Waals surface area contributed by atoms with Crippen LogP contribution in [0.1, 0.15) is 0 Å². The van der Waals surface area contributed by atoms with Crippen LogP contribution >= 0.6 is 0 Å². The Labute approximate surface area is 52.9 Å². The van der Waals surface area contributed by atoms with Gasteiger partial charge in [0.05, 0.1) is 0 Å². The molecule has 9 heavy (non-hydrogen) atoms. The highest BCUT2D eigenvalue weighted by atomic mass is 15.4. The molecular formula is C4H9N5. The standard InChI is InChI=1S/C4H9N5/c1-6-4-8-7-3(5)9(4)2/h1-2H3,(H2,5,7)(H,6,8). The predicted octanol–water partition coefficient (Wildman–Crippen LogP) is -0.561. The lowest BCUT2D eigenvalue weighted by atomic mass is 10.9. The normalized spacial score (nSPS) is 9.56. The van der Waals surface area contributed by atoms with Gasteiger partial charge in [-0.15, -0.1) is 10.2 Å². The van der Waals surface area contributed by atoms with E-state index in [2.05, 4.69) is 15.5 Å². The fourth-order valence-electron chi connectivity index (χ4n) is 0.559. The van der Waals surface area contributed by atoms with Gasteiger partial charge < -0.3 is 11.1 Å². The van der Waals surface area contributed by atoms with Gasteiger partial charge in [-0.3, -0.25) is 4.57 Å². The Balaban J connectivity index is 3.04. The fraction of sp³-hybridized carbons (Fsp3) is 0.500. The van der Waals surface area contributed by atoms with Gasteiger partial charge in [-0.25, -0.2) is 0 Å². The fourth-order valence-corrected chi connectivity index (χ4v) is 0.559. The highest BCUT2D eigenvalue weighted by molar-refractivity contribution is 5.31. The zero-order chi connectivity index (χ0) is 6.85. The number of aromatic nitrogens is 3. The van der Waals surface area contributed by atoms with Gasteiger partial charge in [-0.2, -0.15) is 0 Å². The third-order valence-electron chi connectivity index (χ3n) is 1.13. The summed E-state index contributed by atoms with van der Waals surface area (Å²) >= 11 is 0. The summed E-state index contributed by atoms with van der Waals surface area (Å²) in [6.45, 7) is 0.